The topological polar surface area (TPSA) is 111 Å². The number of ether oxygens (including phenoxy) is 2. The summed E-state index contributed by atoms with van der Waals surface area (Å²) in [5, 5.41) is 15.8. The van der Waals surface area contributed by atoms with Gasteiger partial charge in [0.25, 0.3) is 5.91 Å². The Morgan fingerprint density at radius 3 is 2.65 bits per heavy atom. The lowest BCUT2D eigenvalue weighted by atomic mass is 10.2. The van der Waals surface area contributed by atoms with E-state index in [0.717, 1.165) is 0 Å². The van der Waals surface area contributed by atoms with Crippen molar-refractivity contribution in [1.29, 1.82) is 0 Å². The number of hydrogen-bond acceptors (Lipinski definition) is 7. The molecule has 8 nitrogen and oxygen atoms in total. The van der Waals surface area contributed by atoms with Gasteiger partial charge < -0.3 is 24.4 Å². The molecule has 0 fully saturated rings. The molecule has 1 aromatic carbocycles. The first-order valence-electron chi connectivity index (χ1n) is 6.73. The summed E-state index contributed by atoms with van der Waals surface area (Å²) >= 11 is 0. The minimum Gasteiger partial charge on any atom is -0.507 e. The summed E-state index contributed by atoms with van der Waals surface area (Å²) in [6.45, 7) is 3.08. The van der Waals surface area contributed by atoms with Crippen LogP contribution in [0.3, 0.4) is 0 Å². The van der Waals surface area contributed by atoms with Crippen molar-refractivity contribution in [2.45, 2.75) is 20.0 Å². The average molecular weight is 320 g/mol. The van der Waals surface area contributed by atoms with Gasteiger partial charge in [0.2, 0.25) is 0 Å². The number of aromatic hydroxyl groups is 1. The molecule has 0 aliphatic heterocycles. The zero-order valence-corrected chi connectivity index (χ0v) is 12.8. The lowest BCUT2D eigenvalue weighted by Gasteiger charge is -2.13. The van der Waals surface area contributed by atoms with Crippen LogP contribution in [0.1, 0.15) is 23.0 Å². The summed E-state index contributed by atoms with van der Waals surface area (Å²) in [7, 11) is 1.44. The molecule has 23 heavy (non-hydrogen) atoms. The second kappa shape index (κ2) is 6.82. The van der Waals surface area contributed by atoms with E-state index < -0.39 is 18.0 Å². The Morgan fingerprint density at radius 1 is 1.35 bits per heavy atom. The molecule has 1 atom stereocenters. The Labute approximate surface area is 132 Å². The maximum atomic E-state index is 12.0. The first-order valence-corrected chi connectivity index (χ1v) is 6.73. The Kier molecular flexibility index (Phi) is 4.85. The van der Waals surface area contributed by atoms with Crippen molar-refractivity contribution in [3.8, 4) is 11.5 Å². The van der Waals surface area contributed by atoms with Crippen molar-refractivity contribution in [3.63, 3.8) is 0 Å². The lowest BCUT2D eigenvalue weighted by Crippen LogP contribution is -2.30. The van der Waals surface area contributed by atoms with Crippen LogP contribution in [-0.4, -0.2) is 35.4 Å². The molecule has 0 saturated carbocycles. The molecular weight excluding hydrogens is 304 g/mol. The monoisotopic (exact) mass is 320 g/mol. The van der Waals surface area contributed by atoms with Gasteiger partial charge in [0, 0.05) is 12.1 Å². The standard InChI is InChI=1S/C15H16N2O6/c1-8-6-13(17-23-8)16-14(19)9(2)22-15(20)11-5-4-10(21-3)7-12(11)18/h4-7,9,18H,1-3H3,(H,16,17,19)/t9-/m0/s1. The van der Waals surface area contributed by atoms with E-state index >= 15 is 0 Å². The van der Waals surface area contributed by atoms with Crippen LogP contribution < -0.4 is 10.1 Å². The van der Waals surface area contributed by atoms with Gasteiger partial charge in [0.05, 0.1) is 7.11 Å². The summed E-state index contributed by atoms with van der Waals surface area (Å²) in [6, 6.07) is 5.66. The van der Waals surface area contributed by atoms with Gasteiger partial charge in [-0.3, -0.25) is 4.79 Å². The number of phenolic OH excluding ortho intramolecular Hbond substituents is 1. The van der Waals surface area contributed by atoms with E-state index in [1.807, 2.05) is 0 Å². The number of amides is 1. The molecule has 1 heterocycles. The van der Waals surface area contributed by atoms with E-state index in [1.54, 1.807) is 6.92 Å². The molecule has 2 N–H and O–H groups in total. The SMILES string of the molecule is COc1ccc(C(=O)O[C@@H](C)C(=O)Nc2cc(C)on2)c(O)c1. The van der Waals surface area contributed by atoms with Crippen LogP contribution in [0, 0.1) is 6.92 Å². The predicted molar refractivity (Wildman–Crippen MR) is 79.4 cm³/mol. The Balaban J connectivity index is 2.00. The van der Waals surface area contributed by atoms with Gasteiger partial charge in [0.15, 0.2) is 11.9 Å². The van der Waals surface area contributed by atoms with Crippen LogP contribution in [-0.2, 0) is 9.53 Å². The Hall–Kier alpha value is -3.03. The number of benzene rings is 1. The van der Waals surface area contributed by atoms with Gasteiger partial charge in [-0.25, -0.2) is 4.79 Å². The first kappa shape index (κ1) is 16.3. The molecule has 1 aromatic heterocycles. The highest BCUT2D eigenvalue weighted by Crippen LogP contribution is 2.24. The molecule has 8 heteroatoms. The number of nitrogens with one attached hydrogen (secondary N) is 1. The predicted octanol–water partition coefficient (Wildman–Crippen LogP) is 1.88. The number of hydrogen-bond donors (Lipinski definition) is 2. The summed E-state index contributed by atoms with van der Waals surface area (Å²) < 4.78 is 14.8. The number of methoxy groups -OCH3 is 1. The largest absolute Gasteiger partial charge is 0.507 e. The third-order valence-electron chi connectivity index (χ3n) is 2.96. The highest BCUT2D eigenvalue weighted by Gasteiger charge is 2.22. The molecule has 0 aliphatic rings. The van der Waals surface area contributed by atoms with E-state index in [4.69, 9.17) is 14.0 Å². The Morgan fingerprint density at radius 2 is 2.09 bits per heavy atom. The molecule has 0 aliphatic carbocycles. The van der Waals surface area contributed by atoms with Gasteiger partial charge in [-0.05, 0) is 26.0 Å². The smallest absolute Gasteiger partial charge is 0.342 e. The lowest BCUT2D eigenvalue weighted by molar-refractivity contribution is -0.123. The summed E-state index contributed by atoms with van der Waals surface area (Å²) in [5.41, 5.74) is -0.0669. The average Bonchev–Trinajstić information content (AvgIpc) is 2.91. The van der Waals surface area contributed by atoms with Gasteiger partial charge >= 0.3 is 5.97 Å². The molecule has 2 rings (SSSR count). The van der Waals surface area contributed by atoms with Crippen molar-refractivity contribution < 1.29 is 28.7 Å². The van der Waals surface area contributed by atoms with Gasteiger partial charge in [0.1, 0.15) is 22.8 Å². The normalized spacial score (nSPS) is 11.6. The second-order valence-electron chi connectivity index (χ2n) is 4.74. The molecule has 2 aromatic rings. The van der Waals surface area contributed by atoms with E-state index in [-0.39, 0.29) is 17.1 Å². The fraction of sp³-hybridized carbons (Fsp3) is 0.267. The zero-order chi connectivity index (χ0) is 17.0. The van der Waals surface area contributed by atoms with Gasteiger partial charge in [-0.15, -0.1) is 0 Å². The number of carbonyl (C=O) groups is 2. The van der Waals surface area contributed by atoms with Crippen molar-refractivity contribution in [2.24, 2.45) is 0 Å². The molecule has 1 amide bonds. The first-order chi connectivity index (χ1) is 10.9. The minimum atomic E-state index is -1.08. The maximum Gasteiger partial charge on any atom is 0.342 e. The van der Waals surface area contributed by atoms with E-state index in [0.29, 0.717) is 11.5 Å². The third-order valence-corrected chi connectivity index (χ3v) is 2.96. The van der Waals surface area contributed by atoms with Crippen LogP contribution in [0.5, 0.6) is 11.5 Å². The molecule has 0 radical (unpaired) electrons. The molecule has 122 valence electrons. The van der Waals surface area contributed by atoms with Gasteiger partial charge in [-0.2, -0.15) is 0 Å². The number of nitrogens with zero attached hydrogens (tertiary/aromatic N) is 1. The molecule has 0 spiro atoms. The number of esters is 1. The minimum absolute atomic E-state index is 0.0669. The van der Waals surface area contributed by atoms with Crippen LogP contribution in [0.2, 0.25) is 0 Å². The number of phenols is 1. The highest BCUT2D eigenvalue weighted by atomic mass is 16.5. The fourth-order valence-electron chi connectivity index (χ4n) is 1.74. The van der Waals surface area contributed by atoms with Gasteiger partial charge in [-0.1, -0.05) is 5.16 Å². The molecule has 0 saturated heterocycles. The molecule has 0 unspecified atom stereocenters. The van der Waals surface area contributed by atoms with Crippen LogP contribution >= 0.6 is 0 Å². The van der Waals surface area contributed by atoms with Crippen molar-refractivity contribution in [3.05, 3.63) is 35.6 Å². The molecule has 0 bridgehead atoms. The summed E-state index contributed by atoms with van der Waals surface area (Å²) in [4.78, 5) is 23.9. The highest BCUT2D eigenvalue weighted by molar-refractivity contribution is 5.97. The maximum absolute atomic E-state index is 12.0. The number of rotatable bonds is 5. The molecular formula is C15H16N2O6. The quantitative estimate of drug-likeness (QED) is 0.809. The third kappa shape index (κ3) is 4.00. The van der Waals surface area contributed by atoms with Crippen molar-refractivity contribution >= 4 is 17.7 Å². The number of carbonyl (C=O) groups excluding carboxylic acids is 2. The zero-order valence-electron chi connectivity index (χ0n) is 12.8. The number of aryl methyl sites for hydroxylation is 1. The van der Waals surface area contributed by atoms with E-state index in [9.17, 15) is 14.7 Å². The van der Waals surface area contributed by atoms with Crippen molar-refractivity contribution in [1.82, 2.24) is 5.16 Å². The number of aromatic nitrogens is 1. The van der Waals surface area contributed by atoms with E-state index in [2.05, 4.69) is 10.5 Å². The summed E-state index contributed by atoms with van der Waals surface area (Å²) in [5.74, 6) is -0.542. The van der Waals surface area contributed by atoms with Crippen molar-refractivity contribution in [2.75, 3.05) is 12.4 Å². The summed E-state index contributed by atoms with van der Waals surface area (Å²) in [6.07, 6.45) is -1.08. The second-order valence-corrected chi connectivity index (χ2v) is 4.74. The fourth-order valence-corrected chi connectivity index (χ4v) is 1.74. The van der Waals surface area contributed by atoms with Crippen LogP contribution in [0.25, 0.3) is 0 Å². The Bertz CT molecular complexity index is 725. The van der Waals surface area contributed by atoms with E-state index in [1.165, 1.54) is 38.3 Å². The number of anilines is 1. The van der Waals surface area contributed by atoms with Crippen LogP contribution in [0.15, 0.2) is 28.8 Å². The van der Waals surface area contributed by atoms with Crippen LogP contribution in [0.4, 0.5) is 5.82 Å².